The Morgan fingerprint density at radius 3 is 2.52 bits per heavy atom. The van der Waals surface area contributed by atoms with Gasteiger partial charge in [0.2, 0.25) is 5.91 Å². The number of carbonyl (C=O) groups is 1. The van der Waals surface area contributed by atoms with Crippen molar-refractivity contribution in [1.82, 2.24) is 9.71 Å². The lowest BCUT2D eigenvalue weighted by molar-refractivity contribution is -0.117. The molecule has 1 aromatic heterocycles. The molecule has 0 radical (unpaired) electrons. The van der Waals surface area contributed by atoms with Gasteiger partial charge in [0.1, 0.15) is 0 Å². The summed E-state index contributed by atoms with van der Waals surface area (Å²) in [4.78, 5) is 19.0. The van der Waals surface area contributed by atoms with Gasteiger partial charge in [-0.2, -0.15) is 0 Å². The summed E-state index contributed by atoms with van der Waals surface area (Å²) in [7, 11) is -3.80. The topological polar surface area (TPSA) is 88.5 Å². The third-order valence-corrected chi connectivity index (χ3v) is 3.92. The van der Waals surface area contributed by atoms with Crippen LogP contribution >= 0.6 is 0 Å². The lowest BCUT2D eigenvalue weighted by Gasteiger charge is -2.04. The Labute approximate surface area is 122 Å². The molecule has 0 spiro atoms. The van der Waals surface area contributed by atoms with Gasteiger partial charge < -0.3 is 0 Å². The Morgan fingerprint density at radius 2 is 1.95 bits per heavy atom. The fraction of sp³-hybridized carbons (Fsp3) is 0.0714. The van der Waals surface area contributed by atoms with Gasteiger partial charge in [-0.15, -0.1) is 0 Å². The first kappa shape index (κ1) is 14.9. The number of hydrogen-bond acceptors (Lipinski definition) is 5. The highest BCUT2D eigenvalue weighted by atomic mass is 32.2. The number of rotatable bonds is 4. The SMILES string of the molecule is CC(=O)NS(=O)(=O)c1ccc(N=Cc2cccnc2)cc1. The van der Waals surface area contributed by atoms with Crippen LogP contribution in [0.25, 0.3) is 0 Å². The average Bonchev–Trinajstić information content (AvgIpc) is 2.45. The minimum atomic E-state index is -3.80. The van der Waals surface area contributed by atoms with Crippen LogP contribution in [0.4, 0.5) is 5.69 Å². The molecule has 108 valence electrons. The van der Waals surface area contributed by atoms with Gasteiger partial charge in [0.05, 0.1) is 10.6 Å². The van der Waals surface area contributed by atoms with Crippen molar-refractivity contribution in [2.24, 2.45) is 4.99 Å². The molecule has 0 aliphatic heterocycles. The number of aromatic nitrogens is 1. The number of carbonyl (C=O) groups excluding carboxylic acids is 1. The maximum atomic E-state index is 11.8. The van der Waals surface area contributed by atoms with Gasteiger partial charge in [0.15, 0.2) is 0 Å². The molecule has 0 aliphatic rings. The molecule has 1 aromatic carbocycles. The number of pyridine rings is 1. The predicted molar refractivity (Wildman–Crippen MR) is 78.9 cm³/mol. The Balaban J connectivity index is 2.16. The molecule has 1 amide bonds. The van der Waals surface area contributed by atoms with Crippen LogP contribution in [0.2, 0.25) is 0 Å². The van der Waals surface area contributed by atoms with Crippen LogP contribution in [-0.2, 0) is 14.8 Å². The fourth-order valence-corrected chi connectivity index (χ4v) is 2.55. The molecule has 0 unspecified atom stereocenters. The van der Waals surface area contributed by atoms with E-state index in [1.54, 1.807) is 36.8 Å². The van der Waals surface area contributed by atoms with Gasteiger partial charge in [0, 0.05) is 31.1 Å². The summed E-state index contributed by atoms with van der Waals surface area (Å²) in [6, 6.07) is 9.54. The second-order valence-electron chi connectivity index (χ2n) is 4.20. The summed E-state index contributed by atoms with van der Waals surface area (Å²) in [5.41, 5.74) is 1.44. The number of nitrogens with one attached hydrogen (secondary N) is 1. The maximum absolute atomic E-state index is 11.8. The van der Waals surface area contributed by atoms with Crippen LogP contribution in [0, 0.1) is 0 Å². The van der Waals surface area contributed by atoms with E-state index in [0.717, 1.165) is 12.5 Å². The lowest BCUT2D eigenvalue weighted by atomic mass is 10.3. The quantitative estimate of drug-likeness (QED) is 0.870. The van der Waals surface area contributed by atoms with Crippen molar-refractivity contribution in [3.05, 3.63) is 54.4 Å². The summed E-state index contributed by atoms with van der Waals surface area (Å²) >= 11 is 0. The molecule has 0 fully saturated rings. The standard InChI is InChI=1S/C14H13N3O3S/c1-11(18)17-21(19,20)14-6-4-13(5-7-14)16-10-12-3-2-8-15-9-12/h2-10H,1H3,(H,17,18). The molecule has 0 bridgehead atoms. The maximum Gasteiger partial charge on any atom is 0.264 e. The van der Waals surface area contributed by atoms with Crippen molar-refractivity contribution >= 4 is 27.8 Å². The van der Waals surface area contributed by atoms with E-state index < -0.39 is 15.9 Å². The molecule has 2 rings (SSSR count). The molecule has 1 N–H and O–H groups in total. The second-order valence-corrected chi connectivity index (χ2v) is 5.88. The third-order valence-electron chi connectivity index (χ3n) is 2.47. The number of benzene rings is 1. The first-order valence-corrected chi connectivity index (χ1v) is 7.53. The van der Waals surface area contributed by atoms with Crippen LogP contribution in [0.5, 0.6) is 0 Å². The minimum Gasteiger partial charge on any atom is -0.274 e. The molecule has 2 aromatic rings. The average molecular weight is 303 g/mol. The summed E-state index contributed by atoms with van der Waals surface area (Å²) in [5, 5.41) is 0. The van der Waals surface area contributed by atoms with Gasteiger partial charge in [-0.05, 0) is 30.3 Å². The zero-order chi connectivity index (χ0) is 15.3. The molecule has 0 atom stereocenters. The number of hydrogen-bond donors (Lipinski definition) is 1. The van der Waals surface area contributed by atoms with Gasteiger partial charge >= 0.3 is 0 Å². The zero-order valence-corrected chi connectivity index (χ0v) is 12.0. The van der Waals surface area contributed by atoms with Crippen molar-refractivity contribution in [1.29, 1.82) is 0 Å². The van der Waals surface area contributed by atoms with E-state index in [4.69, 9.17) is 0 Å². The van der Waals surface area contributed by atoms with Crippen molar-refractivity contribution in [2.75, 3.05) is 0 Å². The minimum absolute atomic E-state index is 0.0121. The van der Waals surface area contributed by atoms with Crippen LogP contribution in [-0.4, -0.2) is 25.5 Å². The largest absolute Gasteiger partial charge is 0.274 e. The van der Waals surface area contributed by atoms with Gasteiger partial charge in [0.25, 0.3) is 10.0 Å². The third kappa shape index (κ3) is 4.22. The molecular formula is C14H13N3O3S. The molecule has 21 heavy (non-hydrogen) atoms. The Bertz CT molecular complexity index is 754. The number of nitrogens with zero attached hydrogens (tertiary/aromatic N) is 2. The van der Waals surface area contributed by atoms with Crippen LogP contribution in [0.1, 0.15) is 12.5 Å². The van der Waals surface area contributed by atoms with E-state index in [9.17, 15) is 13.2 Å². The highest BCUT2D eigenvalue weighted by molar-refractivity contribution is 7.90. The highest BCUT2D eigenvalue weighted by Crippen LogP contribution is 2.16. The lowest BCUT2D eigenvalue weighted by Crippen LogP contribution is -2.28. The van der Waals surface area contributed by atoms with Crippen molar-refractivity contribution in [3.63, 3.8) is 0 Å². The number of aliphatic imine (C=N–C) groups is 1. The molecular weight excluding hydrogens is 290 g/mol. The molecule has 7 heteroatoms. The van der Waals surface area contributed by atoms with Crippen LogP contribution < -0.4 is 4.72 Å². The summed E-state index contributed by atoms with van der Waals surface area (Å²) in [6.45, 7) is 1.14. The first-order chi connectivity index (χ1) is 9.97. The first-order valence-electron chi connectivity index (χ1n) is 6.05. The smallest absolute Gasteiger partial charge is 0.264 e. The van der Waals surface area contributed by atoms with E-state index in [-0.39, 0.29) is 4.90 Å². The van der Waals surface area contributed by atoms with Crippen LogP contribution in [0.15, 0.2) is 58.7 Å². The molecule has 0 aliphatic carbocycles. The summed E-state index contributed by atoms with van der Waals surface area (Å²) in [6.07, 6.45) is 4.96. The Hall–Kier alpha value is -2.54. The predicted octanol–water partition coefficient (Wildman–Crippen LogP) is 1.66. The van der Waals surface area contributed by atoms with E-state index in [0.29, 0.717) is 5.69 Å². The molecule has 0 saturated heterocycles. The molecule has 1 heterocycles. The monoisotopic (exact) mass is 303 g/mol. The van der Waals surface area contributed by atoms with Crippen molar-refractivity contribution < 1.29 is 13.2 Å². The van der Waals surface area contributed by atoms with E-state index in [2.05, 4.69) is 9.98 Å². The van der Waals surface area contributed by atoms with Crippen molar-refractivity contribution in [2.45, 2.75) is 11.8 Å². The number of sulfonamides is 1. The zero-order valence-electron chi connectivity index (χ0n) is 11.2. The highest BCUT2D eigenvalue weighted by Gasteiger charge is 2.14. The molecule has 6 nitrogen and oxygen atoms in total. The van der Waals surface area contributed by atoms with Gasteiger partial charge in [-0.3, -0.25) is 14.8 Å². The van der Waals surface area contributed by atoms with E-state index in [1.165, 1.54) is 12.1 Å². The van der Waals surface area contributed by atoms with Crippen molar-refractivity contribution in [3.8, 4) is 0 Å². The van der Waals surface area contributed by atoms with Crippen LogP contribution in [0.3, 0.4) is 0 Å². The normalized spacial score (nSPS) is 11.5. The number of amides is 1. The Kier molecular flexibility index (Phi) is 4.44. The fourth-order valence-electron chi connectivity index (χ4n) is 1.56. The van der Waals surface area contributed by atoms with E-state index in [1.807, 2.05) is 10.8 Å². The Morgan fingerprint density at radius 1 is 1.24 bits per heavy atom. The van der Waals surface area contributed by atoms with Gasteiger partial charge in [-0.1, -0.05) is 6.07 Å². The molecule has 0 saturated carbocycles. The summed E-state index contributed by atoms with van der Waals surface area (Å²) in [5.74, 6) is -0.631. The summed E-state index contributed by atoms with van der Waals surface area (Å²) < 4.78 is 25.4. The van der Waals surface area contributed by atoms with Gasteiger partial charge in [-0.25, -0.2) is 13.1 Å². The second kappa shape index (κ2) is 6.27. The van der Waals surface area contributed by atoms with E-state index >= 15 is 0 Å².